The zero-order valence-corrected chi connectivity index (χ0v) is 11.2. The maximum atomic E-state index is 9.18. The van der Waals surface area contributed by atoms with Crippen LogP contribution in [0.25, 0.3) is 11.2 Å². The van der Waals surface area contributed by atoms with Gasteiger partial charge in [0.25, 0.3) is 0 Å². The number of nitrogens with two attached hydrogens (primary N) is 1. The Labute approximate surface area is 115 Å². The molecule has 0 aromatic carbocycles. The Bertz CT molecular complexity index is 591. The number of halogens is 1. The number of hydrogen-bond donors (Lipinski definition) is 2. The molecule has 1 saturated carbocycles. The van der Waals surface area contributed by atoms with Crippen LogP contribution in [-0.4, -0.2) is 31.2 Å². The lowest BCUT2D eigenvalue weighted by atomic mass is 9.86. The van der Waals surface area contributed by atoms with E-state index in [9.17, 15) is 5.11 Å². The van der Waals surface area contributed by atoms with Crippen molar-refractivity contribution >= 4 is 28.6 Å². The molecule has 7 heteroatoms. The fourth-order valence-electron chi connectivity index (χ4n) is 2.78. The van der Waals surface area contributed by atoms with Gasteiger partial charge in [0.15, 0.2) is 11.5 Å². The molecule has 1 aliphatic rings. The summed E-state index contributed by atoms with van der Waals surface area (Å²) in [5, 5.41) is 9.33. The zero-order chi connectivity index (χ0) is 13.4. The minimum absolute atomic E-state index is 0.149. The molecule has 6 nitrogen and oxygen atoms in total. The number of hydrogen-bond acceptors (Lipinski definition) is 5. The summed E-state index contributed by atoms with van der Waals surface area (Å²) >= 11 is 5.86. The fourth-order valence-corrected chi connectivity index (χ4v) is 2.95. The maximum Gasteiger partial charge on any atom is 0.226 e. The minimum Gasteiger partial charge on any atom is -0.396 e. The van der Waals surface area contributed by atoms with E-state index in [0.29, 0.717) is 28.9 Å². The molecule has 3 rings (SSSR count). The molecule has 0 aliphatic heterocycles. The van der Waals surface area contributed by atoms with Gasteiger partial charge in [0, 0.05) is 12.6 Å². The van der Waals surface area contributed by atoms with Gasteiger partial charge < -0.3 is 15.4 Å². The summed E-state index contributed by atoms with van der Waals surface area (Å²) in [5.74, 6) is 0.743. The topological polar surface area (TPSA) is 89.9 Å². The second-order valence-corrected chi connectivity index (χ2v) is 5.40. The molecule has 0 bridgehead atoms. The third-order valence-corrected chi connectivity index (χ3v) is 4.06. The van der Waals surface area contributed by atoms with Crippen molar-refractivity contribution in [3.05, 3.63) is 11.6 Å². The van der Waals surface area contributed by atoms with Crippen LogP contribution in [0, 0.1) is 5.92 Å². The summed E-state index contributed by atoms with van der Waals surface area (Å²) in [4.78, 5) is 12.4. The maximum absolute atomic E-state index is 9.18. The number of nitrogen functional groups attached to an aromatic ring is 1. The number of aliphatic hydroxyl groups excluding tert-OH is 1. The highest BCUT2D eigenvalue weighted by atomic mass is 35.5. The molecular weight excluding hydrogens is 266 g/mol. The van der Waals surface area contributed by atoms with Crippen molar-refractivity contribution in [1.82, 2.24) is 19.5 Å². The van der Waals surface area contributed by atoms with E-state index < -0.39 is 0 Å². The Morgan fingerprint density at radius 1 is 1.32 bits per heavy atom. The molecule has 2 aromatic rings. The second-order valence-electron chi connectivity index (χ2n) is 5.06. The summed E-state index contributed by atoms with van der Waals surface area (Å²) in [6.07, 6.45) is 5.83. The van der Waals surface area contributed by atoms with Crippen LogP contribution in [0.4, 0.5) is 5.82 Å². The van der Waals surface area contributed by atoms with Gasteiger partial charge in [-0.2, -0.15) is 9.97 Å². The van der Waals surface area contributed by atoms with Crippen molar-refractivity contribution in [2.45, 2.75) is 31.7 Å². The Balaban J connectivity index is 1.93. The van der Waals surface area contributed by atoms with E-state index in [1.165, 1.54) is 0 Å². The second kappa shape index (κ2) is 4.94. The van der Waals surface area contributed by atoms with Gasteiger partial charge in [-0.05, 0) is 43.2 Å². The first-order chi connectivity index (χ1) is 9.19. The standard InChI is InChI=1S/C12H16ClN5O/c13-12-16-10(14)9-11(17-12)18(6-15-9)8-3-1-7(5-19)2-4-8/h6-8,19H,1-5H2,(H2,14,16,17)/t7-,8+. The van der Waals surface area contributed by atoms with Crippen LogP contribution in [0.1, 0.15) is 31.7 Å². The van der Waals surface area contributed by atoms with Crippen molar-refractivity contribution in [3.63, 3.8) is 0 Å². The number of nitrogens with zero attached hydrogens (tertiary/aromatic N) is 4. The SMILES string of the molecule is Nc1nc(Cl)nc2c1ncn2[C@H]1CC[C@@H](CO)CC1. The van der Waals surface area contributed by atoms with E-state index in [1.807, 2.05) is 4.57 Å². The molecule has 102 valence electrons. The summed E-state index contributed by atoms with van der Waals surface area (Å²) in [6, 6.07) is 0.346. The average molecular weight is 282 g/mol. The molecule has 0 unspecified atom stereocenters. The van der Waals surface area contributed by atoms with Crippen LogP contribution in [-0.2, 0) is 0 Å². The summed E-state index contributed by atoms with van der Waals surface area (Å²) < 4.78 is 2.03. The number of anilines is 1. The van der Waals surface area contributed by atoms with Crippen LogP contribution in [0.5, 0.6) is 0 Å². The number of aromatic nitrogens is 4. The molecule has 2 aromatic heterocycles. The van der Waals surface area contributed by atoms with Gasteiger partial charge in [-0.3, -0.25) is 0 Å². The van der Waals surface area contributed by atoms with Gasteiger partial charge in [-0.25, -0.2) is 4.98 Å². The summed E-state index contributed by atoms with van der Waals surface area (Å²) in [7, 11) is 0. The Kier molecular flexibility index (Phi) is 3.28. The first-order valence-electron chi connectivity index (χ1n) is 6.45. The molecule has 0 amide bonds. The van der Waals surface area contributed by atoms with Crippen molar-refractivity contribution in [3.8, 4) is 0 Å². The summed E-state index contributed by atoms with van der Waals surface area (Å²) in [5.41, 5.74) is 7.10. The van der Waals surface area contributed by atoms with Gasteiger partial charge >= 0.3 is 0 Å². The van der Waals surface area contributed by atoms with Gasteiger partial charge in [-0.1, -0.05) is 0 Å². The first-order valence-corrected chi connectivity index (χ1v) is 6.83. The molecule has 3 N–H and O–H groups in total. The van der Waals surface area contributed by atoms with Crippen LogP contribution < -0.4 is 5.73 Å². The lowest BCUT2D eigenvalue weighted by Crippen LogP contribution is -2.20. The Hall–Kier alpha value is -1.40. The molecule has 0 atom stereocenters. The van der Waals surface area contributed by atoms with Crippen LogP contribution in [0.2, 0.25) is 5.28 Å². The van der Waals surface area contributed by atoms with Crippen LogP contribution in [0.3, 0.4) is 0 Å². The normalized spacial score (nSPS) is 23.9. The molecule has 0 saturated heterocycles. The molecule has 0 radical (unpaired) electrons. The van der Waals surface area contributed by atoms with Crippen molar-refractivity contribution in [2.24, 2.45) is 5.92 Å². The first kappa shape index (κ1) is 12.6. The lowest BCUT2D eigenvalue weighted by Gasteiger charge is -2.28. The molecule has 1 aliphatic carbocycles. The van der Waals surface area contributed by atoms with Gasteiger partial charge in [0.2, 0.25) is 5.28 Å². The van der Waals surface area contributed by atoms with E-state index in [-0.39, 0.29) is 11.9 Å². The number of fused-ring (bicyclic) bond motifs is 1. The quantitative estimate of drug-likeness (QED) is 0.819. The fraction of sp³-hybridized carbons (Fsp3) is 0.583. The van der Waals surface area contributed by atoms with E-state index in [1.54, 1.807) is 6.33 Å². The van der Waals surface area contributed by atoms with E-state index in [2.05, 4.69) is 15.0 Å². The smallest absolute Gasteiger partial charge is 0.226 e. The molecular formula is C12H16ClN5O. The third kappa shape index (κ3) is 2.26. The molecule has 19 heavy (non-hydrogen) atoms. The van der Waals surface area contributed by atoms with Crippen molar-refractivity contribution in [1.29, 1.82) is 0 Å². The van der Waals surface area contributed by atoms with E-state index in [0.717, 1.165) is 25.7 Å². The molecule has 2 heterocycles. The highest BCUT2D eigenvalue weighted by Gasteiger charge is 2.24. The van der Waals surface area contributed by atoms with E-state index in [4.69, 9.17) is 17.3 Å². The summed E-state index contributed by atoms with van der Waals surface area (Å²) in [6.45, 7) is 0.276. The largest absolute Gasteiger partial charge is 0.396 e. The minimum atomic E-state index is 0.149. The third-order valence-electron chi connectivity index (χ3n) is 3.89. The number of imidazole rings is 1. The zero-order valence-electron chi connectivity index (χ0n) is 10.5. The number of aliphatic hydroxyl groups is 1. The Morgan fingerprint density at radius 2 is 2.05 bits per heavy atom. The van der Waals surface area contributed by atoms with Crippen molar-refractivity contribution < 1.29 is 5.11 Å². The van der Waals surface area contributed by atoms with Crippen LogP contribution in [0.15, 0.2) is 6.33 Å². The predicted octanol–water partition coefficient (Wildman–Crippen LogP) is 1.79. The molecule has 0 spiro atoms. The van der Waals surface area contributed by atoms with Crippen LogP contribution >= 0.6 is 11.6 Å². The predicted molar refractivity (Wildman–Crippen MR) is 72.8 cm³/mol. The number of rotatable bonds is 2. The highest BCUT2D eigenvalue weighted by Crippen LogP contribution is 2.34. The monoisotopic (exact) mass is 281 g/mol. The average Bonchev–Trinajstić information content (AvgIpc) is 2.83. The van der Waals surface area contributed by atoms with Gasteiger partial charge in [-0.15, -0.1) is 0 Å². The molecule has 1 fully saturated rings. The highest BCUT2D eigenvalue weighted by molar-refractivity contribution is 6.28. The van der Waals surface area contributed by atoms with E-state index >= 15 is 0 Å². The lowest BCUT2D eigenvalue weighted by molar-refractivity contribution is 0.169. The van der Waals surface area contributed by atoms with Gasteiger partial charge in [0.1, 0.15) is 5.52 Å². The Morgan fingerprint density at radius 3 is 2.74 bits per heavy atom. The van der Waals surface area contributed by atoms with Gasteiger partial charge in [0.05, 0.1) is 6.33 Å². The van der Waals surface area contributed by atoms with Crippen molar-refractivity contribution in [2.75, 3.05) is 12.3 Å².